The zero-order chi connectivity index (χ0) is 12.3. The molecule has 17 heavy (non-hydrogen) atoms. The molecule has 1 aliphatic carbocycles. The summed E-state index contributed by atoms with van der Waals surface area (Å²) < 4.78 is 0. The smallest absolute Gasteiger partial charge is 0.223 e. The number of carbonyl (C=O) groups is 1. The molecule has 2 aliphatic rings. The summed E-state index contributed by atoms with van der Waals surface area (Å²) in [5.74, 6) is 0.996. The Kier molecular flexibility index (Phi) is 4.74. The standard InChI is InChI=1S/C13H24N2OS/c1-9(10-7-14-8-10)13(16)15-11-3-5-12(17-2)6-4-11/h9-12,14H,3-8H2,1-2H3,(H,15,16). The van der Waals surface area contributed by atoms with Gasteiger partial charge in [-0.25, -0.2) is 0 Å². The summed E-state index contributed by atoms with van der Waals surface area (Å²) in [6.07, 6.45) is 7.02. The lowest BCUT2D eigenvalue weighted by molar-refractivity contribution is -0.127. The van der Waals surface area contributed by atoms with Gasteiger partial charge in [-0.1, -0.05) is 6.92 Å². The Morgan fingerprint density at radius 3 is 2.41 bits per heavy atom. The van der Waals surface area contributed by atoms with Gasteiger partial charge in [0, 0.05) is 17.2 Å². The topological polar surface area (TPSA) is 41.1 Å². The molecule has 0 radical (unpaired) electrons. The van der Waals surface area contributed by atoms with Gasteiger partial charge in [-0.05, 0) is 50.9 Å². The van der Waals surface area contributed by atoms with Crippen molar-refractivity contribution in [1.82, 2.24) is 10.6 Å². The van der Waals surface area contributed by atoms with E-state index in [1.807, 2.05) is 11.8 Å². The van der Waals surface area contributed by atoms with Crippen LogP contribution in [0.25, 0.3) is 0 Å². The number of nitrogens with one attached hydrogen (secondary N) is 2. The summed E-state index contributed by atoms with van der Waals surface area (Å²) in [6, 6.07) is 0.432. The molecule has 98 valence electrons. The van der Waals surface area contributed by atoms with E-state index in [-0.39, 0.29) is 11.8 Å². The van der Waals surface area contributed by atoms with Crippen molar-refractivity contribution in [2.75, 3.05) is 19.3 Å². The molecule has 2 rings (SSSR count). The Morgan fingerprint density at radius 1 is 1.29 bits per heavy atom. The zero-order valence-electron chi connectivity index (χ0n) is 10.9. The van der Waals surface area contributed by atoms with Crippen LogP contribution in [0.5, 0.6) is 0 Å². The van der Waals surface area contributed by atoms with Crippen molar-refractivity contribution in [2.45, 2.75) is 43.9 Å². The van der Waals surface area contributed by atoms with Crippen LogP contribution in [0.1, 0.15) is 32.6 Å². The predicted octanol–water partition coefficient (Wildman–Crippen LogP) is 1.63. The van der Waals surface area contributed by atoms with E-state index < -0.39 is 0 Å². The first-order valence-electron chi connectivity index (χ1n) is 6.74. The van der Waals surface area contributed by atoms with Crippen molar-refractivity contribution in [3.8, 4) is 0 Å². The largest absolute Gasteiger partial charge is 0.353 e. The average molecular weight is 256 g/mol. The fraction of sp³-hybridized carbons (Fsp3) is 0.923. The molecule has 1 unspecified atom stereocenters. The summed E-state index contributed by atoms with van der Waals surface area (Å²) >= 11 is 1.97. The molecule has 1 aliphatic heterocycles. The number of hydrogen-bond acceptors (Lipinski definition) is 3. The molecule has 2 N–H and O–H groups in total. The summed E-state index contributed by atoms with van der Waals surface area (Å²) in [5, 5.41) is 7.28. The van der Waals surface area contributed by atoms with Crippen molar-refractivity contribution in [2.24, 2.45) is 11.8 Å². The Balaban J connectivity index is 1.71. The maximum atomic E-state index is 12.1. The molecular formula is C13H24N2OS. The summed E-state index contributed by atoms with van der Waals surface area (Å²) in [5.41, 5.74) is 0. The van der Waals surface area contributed by atoms with Gasteiger partial charge in [0.2, 0.25) is 5.91 Å². The fourth-order valence-corrected chi connectivity index (χ4v) is 3.40. The first-order valence-corrected chi connectivity index (χ1v) is 8.03. The van der Waals surface area contributed by atoms with Crippen LogP contribution in [-0.4, -0.2) is 36.5 Å². The highest BCUT2D eigenvalue weighted by Gasteiger charge is 2.30. The van der Waals surface area contributed by atoms with Crippen molar-refractivity contribution in [1.29, 1.82) is 0 Å². The van der Waals surface area contributed by atoms with E-state index >= 15 is 0 Å². The second-order valence-corrected chi connectivity index (χ2v) is 6.56. The Labute approximate surface area is 108 Å². The Hall–Kier alpha value is -0.220. The Bertz CT molecular complexity index is 260. The second kappa shape index (κ2) is 6.10. The van der Waals surface area contributed by atoms with Gasteiger partial charge in [-0.2, -0.15) is 11.8 Å². The first kappa shape index (κ1) is 13.2. The lowest BCUT2D eigenvalue weighted by atomic mass is 9.87. The first-order chi connectivity index (χ1) is 8.20. The van der Waals surface area contributed by atoms with Gasteiger partial charge in [0.15, 0.2) is 0 Å². The second-order valence-electron chi connectivity index (χ2n) is 5.42. The van der Waals surface area contributed by atoms with Crippen LogP contribution in [0.15, 0.2) is 0 Å². The van der Waals surface area contributed by atoms with Gasteiger partial charge in [0.05, 0.1) is 0 Å². The van der Waals surface area contributed by atoms with Gasteiger partial charge in [-0.3, -0.25) is 4.79 Å². The lowest BCUT2D eigenvalue weighted by Gasteiger charge is -2.34. The predicted molar refractivity (Wildman–Crippen MR) is 73.2 cm³/mol. The third-order valence-corrected chi connectivity index (χ3v) is 5.43. The molecule has 1 heterocycles. The highest BCUT2D eigenvalue weighted by Crippen LogP contribution is 2.27. The SMILES string of the molecule is CSC1CCC(NC(=O)C(C)C2CNC2)CC1. The monoisotopic (exact) mass is 256 g/mol. The van der Waals surface area contributed by atoms with Crippen LogP contribution < -0.4 is 10.6 Å². The zero-order valence-corrected chi connectivity index (χ0v) is 11.7. The van der Waals surface area contributed by atoms with Gasteiger partial charge in [-0.15, -0.1) is 0 Å². The number of thioether (sulfide) groups is 1. The Morgan fingerprint density at radius 2 is 1.94 bits per heavy atom. The summed E-state index contributed by atoms with van der Waals surface area (Å²) in [4.78, 5) is 12.1. The summed E-state index contributed by atoms with van der Waals surface area (Å²) in [6.45, 7) is 4.08. The van der Waals surface area contributed by atoms with E-state index in [1.54, 1.807) is 0 Å². The van der Waals surface area contributed by atoms with Crippen molar-refractivity contribution in [3.63, 3.8) is 0 Å². The van der Waals surface area contributed by atoms with Crippen LogP contribution in [0.4, 0.5) is 0 Å². The molecular weight excluding hydrogens is 232 g/mol. The van der Waals surface area contributed by atoms with Crippen molar-refractivity contribution >= 4 is 17.7 Å². The van der Waals surface area contributed by atoms with Crippen LogP contribution in [0, 0.1) is 11.8 Å². The molecule has 1 atom stereocenters. The molecule has 1 amide bonds. The lowest BCUT2D eigenvalue weighted by Crippen LogP contribution is -2.51. The van der Waals surface area contributed by atoms with E-state index in [4.69, 9.17) is 0 Å². The molecule has 0 aromatic carbocycles. The quantitative estimate of drug-likeness (QED) is 0.803. The molecule has 0 aromatic heterocycles. The third-order valence-electron chi connectivity index (χ3n) is 4.29. The third kappa shape index (κ3) is 3.38. The number of hydrogen-bond donors (Lipinski definition) is 2. The van der Waals surface area contributed by atoms with E-state index in [2.05, 4.69) is 23.8 Å². The van der Waals surface area contributed by atoms with Gasteiger partial charge < -0.3 is 10.6 Å². The van der Waals surface area contributed by atoms with Gasteiger partial charge >= 0.3 is 0 Å². The van der Waals surface area contributed by atoms with Gasteiger partial charge in [0.25, 0.3) is 0 Å². The average Bonchev–Trinajstić information content (AvgIpc) is 2.27. The maximum Gasteiger partial charge on any atom is 0.223 e. The molecule has 3 nitrogen and oxygen atoms in total. The van der Waals surface area contributed by atoms with Crippen LogP contribution in [-0.2, 0) is 4.79 Å². The van der Waals surface area contributed by atoms with Crippen LogP contribution in [0.2, 0.25) is 0 Å². The number of carbonyl (C=O) groups excluding carboxylic acids is 1. The maximum absolute atomic E-state index is 12.1. The van der Waals surface area contributed by atoms with Crippen molar-refractivity contribution in [3.05, 3.63) is 0 Å². The molecule has 2 fully saturated rings. The van der Waals surface area contributed by atoms with E-state index in [9.17, 15) is 4.79 Å². The summed E-state index contributed by atoms with van der Waals surface area (Å²) in [7, 11) is 0. The minimum absolute atomic E-state index is 0.175. The molecule has 1 saturated heterocycles. The minimum atomic E-state index is 0.175. The normalized spacial score (nSPS) is 31.6. The molecule has 0 spiro atoms. The molecule has 1 saturated carbocycles. The van der Waals surface area contributed by atoms with E-state index in [1.165, 1.54) is 12.8 Å². The van der Waals surface area contributed by atoms with Crippen LogP contribution >= 0.6 is 11.8 Å². The molecule has 4 heteroatoms. The van der Waals surface area contributed by atoms with Crippen LogP contribution in [0.3, 0.4) is 0 Å². The van der Waals surface area contributed by atoms with Crippen molar-refractivity contribution < 1.29 is 4.79 Å². The molecule has 0 aromatic rings. The van der Waals surface area contributed by atoms with E-state index in [0.29, 0.717) is 12.0 Å². The fourth-order valence-electron chi connectivity index (χ4n) is 2.65. The highest BCUT2D eigenvalue weighted by atomic mass is 32.2. The molecule has 0 bridgehead atoms. The van der Waals surface area contributed by atoms with Gasteiger partial charge in [0.1, 0.15) is 0 Å². The highest BCUT2D eigenvalue weighted by molar-refractivity contribution is 7.99. The number of rotatable bonds is 4. The number of amides is 1. The minimum Gasteiger partial charge on any atom is -0.353 e. The van der Waals surface area contributed by atoms with E-state index in [0.717, 1.165) is 31.2 Å².